The maximum atomic E-state index is 11.4. The first-order valence-corrected chi connectivity index (χ1v) is 10.7. The molecule has 0 aliphatic rings. The summed E-state index contributed by atoms with van der Waals surface area (Å²) in [5, 5.41) is 12.3. The van der Waals surface area contributed by atoms with Gasteiger partial charge in [-0.25, -0.2) is 9.97 Å². The van der Waals surface area contributed by atoms with Gasteiger partial charge in [0, 0.05) is 24.1 Å². The van der Waals surface area contributed by atoms with Gasteiger partial charge in [-0.3, -0.25) is 10.1 Å². The number of nitro benzene ring substituents is 1. The number of benzene rings is 2. The average Bonchev–Trinajstić information content (AvgIpc) is 3.39. The van der Waals surface area contributed by atoms with Gasteiger partial charge in [0.05, 0.1) is 17.0 Å². The highest BCUT2D eigenvalue weighted by molar-refractivity contribution is 5.85. The maximum Gasteiger partial charge on any atom is 0.280 e. The van der Waals surface area contributed by atoms with Crippen LogP contribution in [0.5, 0.6) is 0 Å². The van der Waals surface area contributed by atoms with E-state index in [2.05, 4.69) is 22.5 Å². The lowest BCUT2D eigenvalue weighted by Crippen LogP contribution is -2.06. The number of pyridine rings is 1. The molecule has 5 rings (SSSR count). The molecule has 0 atom stereocenters. The molecule has 7 heteroatoms. The molecule has 160 valence electrons. The highest BCUT2D eigenvalue weighted by Gasteiger charge is 2.18. The molecule has 0 saturated carbocycles. The first-order valence-electron chi connectivity index (χ1n) is 10.7. The Morgan fingerprint density at radius 2 is 1.97 bits per heavy atom. The molecule has 2 aromatic carbocycles. The molecule has 0 aliphatic heterocycles. The Hall–Kier alpha value is -4.00. The zero-order chi connectivity index (χ0) is 22.1. The van der Waals surface area contributed by atoms with E-state index in [-0.39, 0.29) is 10.6 Å². The number of unbranched alkanes of at least 4 members (excludes halogenated alkanes) is 1. The SMILES string of the molecule is CCCCc1nc2cccnc2n1Cc1ccc2oc(-c3ccccc3[N+](=O)[O-])cc2c1. The smallest absolute Gasteiger partial charge is 0.280 e. The minimum atomic E-state index is -0.386. The van der Waals surface area contributed by atoms with Gasteiger partial charge >= 0.3 is 0 Å². The summed E-state index contributed by atoms with van der Waals surface area (Å²) in [6.07, 6.45) is 4.88. The molecule has 0 radical (unpaired) electrons. The summed E-state index contributed by atoms with van der Waals surface area (Å²) in [5.41, 5.74) is 4.08. The second kappa shape index (κ2) is 8.26. The van der Waals surface area contributed by atoms with Crippen LogP contribution in [0, 0.1) is 10.1 Å². The quantitative estimate of drug-likeness (QED) is 0.230. The van der Waals surface area contributed by atoms with Gasteiger partial charge in [0.15, 0.2) is 5.65 Å². The molecule has 7 nitrogen and oxygen atoms in total. The van der Waals surface area contributed by atoms with Crippen molar-refractivity contribution in [1.29, 1.82) is 0 Å². The van der Waals surface area contributed by atoms with Gasteiger partial charge in [-0.15, -0.1) is 0 Å². The predicted octanol–water partition coefficient (Wildman–Crippen LogP) is 6.14. The molecule has 0 unspecified atom stereocenters. The number of hydrogen-bond acceptors (Lipinski definition) is 5. The molecule has 0 bridgehead atoms. The van der Waals surface area contributed by atoms with Crippen molar-refractivity contribution < 1.29 is 9.34 Å². The van der Waals surface area contributed by atoms with Crippen molar-refractivity contribution in [3.05, 3.63) is 88.4 Å². The van der Waals surface area contributed by atoms with E-state index in [1.54, 1.807) is 24.4 Å². The molecule has 0 aliphatic carbocycles. The molecule has 0 N–H and O–H groups in total. The summed E-state index contributed by atoms with van der Waals surface area (Å²) in [4.78, 5) is 20.4. The number of nitro groups is 1. The number of furan rings is 1. The van der Waals surface area contributed by atoms with E-state index >= 15 is 0 Å². The highest BCUT2D eigenvalue weighted by Crippen LogP contribution is 2.34. The van der Waals surface area contributed by atoms with Crippen LogP contribution in [0.4, 0.5) is 5.69 Å². The van der Waals surface area contributed by atoms with Gasteiger partial charge in [-0.2, -0.15) is 0 Å². The molecule has 0 fully saturated rings. The Bertz CT molecular complexity index is 1430. The van der Waals surface area contributed by atoms with E-state index < -0.39 is 0 Å². The van der Waals surface area contributed by atoms with E-state index in [9.17, 15) is 10.1 Å². The van der Waals surface area contributed by atoms with Crippen molar-refractivity contribution in [3.63, 3.8) is 0 Å². The molecule has 3 aromatic heterocycles. The molecular weight excluding hydrogens is 404 g/mol. The summed E-state index contributed by atoms with van der Waals surface area (Å²) in [6, 6.07) is 18.4. The van der Waals surface area contributed by atoms with Crippen molar-refractivity contribution in [1.82, 2.24) is 14.5 Å². The third kappa shape index (κ3) is 3.62. The van der Waals surface area contributed by atoms with Crippen molar-refractivity contribution >= 4 is 27.8 Å². The summed E-state index contributed by atoms with van der Waals surface area (Å²) in [5.74, 6) is 1.52. The van der Waals surface area contributed by atoms with Crippen LogP contribution in [0.1, 0.15) is 31.2 Å². The number of nitrogens with zero attached hydrogens (tertiary/aromatic N) is 4. The molecular formula is C25H22N4O3. The fraction of sp³-hybridized carbons (Fsp3) is 0.200. The van der Waals surface area contributed by atoms with E-state index in [1.807, 2.05) is 30.3 Å². The van der Waals surface area contributed by atoms with Crippen molar-refractivity contribution in [2.45, 2.75) is 32.7 Å². The van der Waals surface area contributed by atoms with E-state index in [0.717, 1.165) is 47.2 Å². The van der Waals surface area contributed by atoms with Crippen LogP contribution in [0.15, 0.2) is 71.3 Å². The van der Waals surface area contributed by atoms with E-state index in [4.69, 9.17) is 9.40 Å². The third-order valence-corrected chi connectivity index (χ3v) is 5.62. The van der Waals surface area contributed by atoms with Crippen LogP contribution in [0.2, 0.25) is 0 Å². The minimum absolute atomic E-state index is 0.0308. The first kappa shape index (κ1) is 19.9. The Labute approximate surface area is 184 Å². The fourth-order valence-corrected chi connectivity index (χ4v) is 4.04. The minimum Gasteiger partial charge on any atom is -0.456 e. The van der Waals surface area contributed by atoms with Gasteiger partial charge in [-0.05, 0) is 48.4 Å². The largest absolute Gasteiger partial charge is 0.456 e. The lowest BCUT2D eigenvalue weighted by atomic mass is 10.1. The number of hydrogen-bond donors (Lipinski definition) is 0. The summed E-state index contributed by atoms with van der Waals surface area (Å²) >= 11 is 0. The molecule has 0 spiro atoms. The molecule has 0 amide bonds. The molecule has 0 saturated heterocycles. The lowest BCUT2D eigenvalue weighted by molar-refractivity contribution is -0.384. The second-order valence-corrected chi connectivity index (χ2v) is 7.82. The van der Waals surface area contributed by atoms with Gasteiger partial charge in [0.1, 0.15) is 22.7 Å². The summed E-state index contributed by atoms with van der Waals surface area (Å²) in [6.45, 7) is 2.82. The number of aromatic nitrogens is 3. The summed E-state index contributed by atoms with van der Waals surface area (Å²) < 4.78 is 8.12. The number of fused-ring (bicyclic) bond motifs is 2. The zero-order valence-electron chi connectivity index (χ0n) is 17.7. The topological polar surface area (TPSA) is 87.0 Å². The zero-order valence-corrected chi connectivity index (χ0v) is 17.7. The standard InChI is InChI=1S/C25H22N4O3/c1-2-3-10-24-27-20-8-6-13-26-25(20)28(24)16-17-11-12-22-18(14-17)15-23(32-22)19-7-4-5-9-21(19)29(30)31/h4-9,11-15H,2-3,10,16H2,1H3. The fourth-order valence-electron chi connectivity index (χ4n) is 4.04. The maximum absolute atomic E-state index is 11.4. The normalized spacial score (nSPS) is 11.4. The Morgan fingerprint density at radius 3 is 2.81 bits per heavy atom. The number of aryl methyl sites for hydroxylation is 1. The Balaban J connectivity index is 1.53. The Morgan fingerprint density at radius 1 is 1.09 bits per heavy atom. The second-order valence-electron chi connectivity index (χ2n) is 7.82. The summed E-state index contributed by atoms with van der Waals surface area (Å²) in [7, 11) is 0. The molecule has 5 aromatic rings. The van der Waals surface area contributed by atoms with Gasteiger partial charge < -0.3 is 8.98 Å². The van der Waals surface area contributed by atoms with Crippen LogP contribution >= 0.6 is 0 Å². The van der Waals surface area contributed by atoms with E-state index in [1.165, 1.54) is 6.07 Å². The van der Waals surface area contributed by atoms with Crippen LogP contribution in [-0.4, -0.2) is 19.5 Å². The third-order valence-electron chi connectivity index (χ3n) is 5.62. The highest BCUT2D eigenvalue weighted by atomic mass is 16.6. The van der Waals surface area contributed by atoms with Gasteiger partial charge in [-0.1, -0.05) is 31.5 Å². The average molecular weight is 426 g/mol. The van der Waals surface area contributed by atoms with Crippen molar-refractivity contribution in [2.24, 2.45) is 0 Å². The van der Waals surface area contributed by atoms with Gasteiger partial charge in [0.2, 0.25) is 0 Å². The number of rotatable bonds is 7. The Kier molecular flexibility index (Phi) is 5.15. The van der Waals surface area contributed by atoms with Crippen molar-refractivity contribution in [2.75, 3.05) is 0 Å². The van der Waals surface area contributed by atoms with Gasteiger partial charge in [0.25, 0.3) is 5.69 Å². The van der Waals surface area contributed by atoms with Crippen LogP contribution in [0.3, 0.4) is 0 Å². The van der Waals surface area contributed by atoms with Crippen LogP contribution in [0.25, 0.3) is 33.5 Å². The molecule has 3 heterocycles. The predicted molar refractivity (Wildman–Crippen MR) is 124 cm³/mol. The first-order chi connectivity index (χ1) is 15.6. The van der Waals surface area contributed by atoms with Crippen LogP contribution < -0.4 is 0 Å². The lowest BCUT2D eigenvalue weighted by Gasteiger charge is -2.09. The van der Waals surface area contributed by atoms with Crippen molar-refractivity contribution in [3.8, 4) is 11.3 Å². The van der Waals surface area contributed by atoms with Crippen LogP contribution in [-0.2, 0) is 13.0 Å². The number of para-hydroxylation sites is 1. The number of imidazole rings is 1. The molecule has 32 heavy (non-hydrogen) atoms. The van der Waals surface area contributed by atoms with E-state index in [0.29, 0.717) is 23.5 Å². The monoisotopic (exact) mass is 426 g/mol.